The van der Waals surface area contributed by atoms with Crippen LogP contribution < -0.4 is 4.74 Å². The summed E-state index contributed by atoms with van der Waals surface area (Å²) >= 11 is 1.44. The number of hydrogen-bond acceptors (Lipinski definition) is 7. The van der Waals surface area contributed by atoms with Crippen LogP contribution in [0.3, 0.4) is 0 Å². The minimum atomic E-state index is -0.419. The minimum Gasteiger partial charge on any atom is -0.496 e. The van der Waals surface area contributed by atoms with Crippen LogP contribution in [0.4, 0.5) is 5.69 Å². The van der Waals surface area contributed by atoms with E-state index in [-0.39, 0.29) is 5.69 Å². The second-order valence-electron chi connectivity index (χ2n) is 5.07. The maximum Gasteiger partial charge on any atom is 0.270 e. The van der Waals surface area contributed by atoms with E-state index in [1.54, 1.807) is 25.5 Å². The van der Waals surface area contributed by atoms with Crippen molar-refractivity contribution >= 4 is 17.4 Å². The quantitative estimate of drug-likeness (QED) is 0.359. The lowest BCUT2D eigenvalue weighted by atomic mass is 10.2. The molecule has 0 bridgehead atoms. The molecule has 3 aromatic rings. The zero-order valence-corrected chi connectivity index (χ0v) is 14.5. The molecule has 0 N–H and O–H groups in total. The lowest BCUT2D eigenvalue weighted by Gasteiger charge is -2.09. The second-order valence-corrected chi connectivity index (χ2v) is 6.01. The van der Waals surface area contributed by atoms with Gasteiger partial charge in [-0.05, 0) is 25.1 Å². The van der Waals surface area contributed by atoms with E-state index in [0.29, 0.717) is 34.8 Å². The van der Waals surface area contributed by atoms with Gasteiger partial charge in [0.05, 0.1) is 18.3 Å². The summed E-state index contributed by atoms with van der Waals surface area (Å²) < 4.78 is 12.6. The molecule has 2 aromatic heterocycles. The van der Waals surface area contributed by atoms with Gasteiger partial charge in [0.25, 0.3) is 5.69 Å². The van der Waals surface area contributed by atoms with Crippen LogP contribution in [0.15, 0.2) is 46.2 Å². The molecule has 25 heavy (non-hydrogen) atoms. The molecule has 0 unspecified atom stereocenters. The third kappa shape index (κ3) is 3.50. The van der Waals surface area contributed by atoms with Gasteiger partial charge in [-0.3, -0.25) is 14.7 Å². The number of nitrogens with zero attached hydrogens (tertiary/aromatic N) is 4. The summed E-state index contributed by atoms with van der Waals surface area (Å²) in [6.07, 6.45) is 1.59. The molecule has 0 aliphatic carbocycles. The molecule has 0 aliphatic heterocycles. The van der Waals surface area contributed by atoms with Crippen molar-refractivity contribution in [2.75, 3.05) is 7.11 Å². The standard InChI is InChI=1S/C16H16N4O4S/c1-3-19-15(14-5-4-8-24-14)17-18-16(19)25-10-11-9-12(20(21)22)6-7-13(11)23-2/h4-9H,3,10H2,1-2H3. The van der Waals surface area contributed by atoms with E-state index in [0.717, 1.165) is 5.56 Å². The van der Waals surface area contributed by atoms with Crippen LogP contribution in [0.1, 0.15) is 12.5 Å². The Hall–Kier alpha value is -2.81. The van der Waals surface area contributed by atoms with Crippen LogP contribution in [0.2, 0.25) is 0 Å². The molecule has 2 heterocycles. The second kappa shape index (κ2) is 7.39. The first-order valence-electron chi connectivity index (χ1n) is 7.55. The molecular formula is C16H16N4O4S. The predicted molar refractivity (Wildman–Crippen MR) is 92.6 cm³/mol. The van der Waals surface area contributed by atoms with E-state index in [4.69, 9.17) is 9.15 Å². The van der Waals surface area contributed by atoms with E-state index in [9.17, 15) is 10.1 Å². The van der Waals surface area contributed by atoms with Gasteiger partial charge in [-0.1, -0.05) is 11.8 Å². The number of ether oxygens (including phenoxy) is 1. The summed E-state index contributed by atoms with van der Waals surface area (Å²) in [6, 6.07) is 8.17. The predicted octanol–water partition coefficient (Wildman–Crippen LogP) is 3.77. The van der Waals surface area contributed by atoms with Crippen LogP contribution >= 0.6 is 11.8 Å². The number of nitro benzene ring substituents is 1. The fraction of sp³-hybridized carbons (Fsp3) is 0.250. The van der Waals surface area contributed by atoms with E-state index in [2.05, 4.69) is 10.2 Å². The zero-order chi connectivity index (χ0) is 17.8. The third-order valence-electron chi connectivity index (χ3n) is 3.61. The average molecular weight is 360 g/mol. The Morgan fingerprint density at radius 2 is 2.20 bits per heavy atom. The Morgan fingerprint density at radius 3 is 2.84 bits per heavy atom. The molecule has 0 radical (unpaired) electrons. The minimum absolute atomic E-state index is 0.0321. The van der Waals surface area contributed by atoms with Crippen molar-refractivity contribution in [2.24, 2.45) is 0 Å². The van der Waals surface area contributed by atoms with Gasteiger partial charge in [0, 0.05) is 30.0 Å². The van der Waals surface area contributed by atoms with Crippen molar-refractivity contribution in [2.45, 2.75) is 24.4 Å². The summed E-state index contributed by atoms with van der Waals surface area (Å²) in [5.41, 5.74) is 0.761. The van der Waals surface area contributed by atoms with Crippen molar-refractivity contribution in [3.8, 4) is 17.3 Å². The van der Waals surface area contributed by atoms with Crippen LogP contribution in [0.5, 0.6) is 5.75 Å². The summed E-state index contributed by atoms with van der Waals surface area (Å²) in [7, 11) is 1.54. The van der Waals surface area contributed by atoms with Crippen molar-refractivity contribution in [1.29, 1.82) is 0 Å². The number of hydrogen-bond donors (Lipinski definition) is 0. The normalized spacial score (nSPS) is 10.8. The fourth-order valence-corrected chi connectivity index (χ4v) is 3.38. The Kier molecular flexibility index (Phi) is 5.03. The van der Waals surface area contributed by atoms with Gasteiger partial charge in [-0.2, -0.15) is 0 Å². The van der Waals surface area contributed by atoms with E-state index in [1.165, 1.54) is 23.9 Å². The molecule has 8 nitrogen and oxygen atoms in total. The number of rotatable bonds is 7. The highest BCUT2D eigenvalue weighted by atomic mass is 32.2. The highest BCUT2D eigenvalue weighted by molar-refractivity contribution is 7.98. The molecule has 0 saturated carbocycles. The monoisotopic (exact) mass is 360 g/mol. The first-order chi connectivity index (χ1) is 12.1. The molecule has 0 aliphatic rings. The number of thioether (sulfide) groups is 1. The Labute approximate surface area is 148 Å². The highest BCUT2D eigenvalue weighted by Gasteiger charge is 2.17. The smallest absolute Gasteiger partial charge is 0.270 e. The lowest BCUT2D eigenvalue weighted by Crippen LogP contribution is -2.00. The molecule has 0 fully saturated rings. The number of nitro groups is 1. The fourth-order valence-electron chi connectivity index (χ4n) is 2.40. The number of aromatic nitrogens is 3. The van der Waals surface area contributed by atoms with E-state index in [1.807, 2.05) is 17.6 Å². The molecule has 9 heteroatoms. The number of furan rings is 1. The first-order valence-corrected chi connectivity index (χ1v) is 8.53. The van der Waals surface area contributed by atoms with Gasteiger partial charge in [-0.15, -0.1) is 10.2 Å². The summed E-state index contributed by atoms with van der Waals surface area (Å²) in [6.45, 7) is 2.67. The molecule has 0 spiro atoms. The van der Waals surface area contributed by atoms with E-state index >= 15 is 0 Å². The van der Waals surface area contributed by atoms with Gasteiger partial charge in [0.2, 0.25) is 0 Å². The Bertz CT molecular complexity index is 876. The number of methoxy groups -OCH3 is 1. The summed E-state index contributed by atoms with van der Waals surface area (Å²) in [5, 5.41) is 20.1. The summed E-state index contributed by atoms with van der Waals surface area (Å²) in [4.78, 5) is 10.6. The highest BCUT2D eigenvalue weighted by Crippen LogP contribution is 2.31. The molecule has 0 atom stereocenters. The SMILES string of the molecule is CCn1c(SCc2cc([N+](=O)[O-])ccc2OC)nnc1-c1ccco1. The van der Waals surface area contributed by atoms with Crippen LogP contribution in [0, 0.1) is 10.1 Å². The van der Waals surface area contributed by atoms with Crippen molar-refractivity contribution in [3.05, 3.63) is 52.3 Å². The molecule has 130 valence electrons. The Morgan fingerprint density at radius 1 is 1.36 bits per heavy atom. The average Bonchev–Trinajstić information content (AvgIpc) is 3.28. The van der Waals surface area contributed by atoms with Crippen LogP contribution in [-0.4, -0.2) is 26.8 Å². The van der Waals surface area contributed by atoms with Crippen molar-refractivity contribution < 1.29 is 14.1 Å². The van der Waals surface area contributed by atoms with Gasteiger partial charge < -0.3 is 9.15 Å². The summed E-state index contributed by atoms with van der Waals surface area (Å²) in [5.74, 6) is 2.38. The molecule has 1 aromatic carbocycles. The molecular weight excluding hydrogens is 344 g/mol. The van der Waals surface area contributed by atoms with Gasteiger partial charge in [0.1, 0.15) is 5.75 Å². The molecule has 0 amide bonds. The van der Waals surface area contributed by atoms with Gasteiger partial charge in [-0.25, -0.2) is 0 Å². The number of benzene rings is 1. The zero-order valence-electron chi connectivity index (χ0n) is 13.7. The largest absolute Gasteiger partial charge is 0.496 e. The Balaban J connectivity index is 1.85. The van der Waals surface area contributed by atoms with Crippen LogP contribution in [0.25, 0.3) is 11.6 Å². The molecule has 3 rings (SSSR count). The maximum absolute atomic E-state index is 11.0. The molecule has 0 saturated heterocycles. The van der Waals surface area contributed by atoms with Gasteiger partial charge >= 0.3 is 0 Å². The van der Waals surface area contributed by atoms with Crippen molar-refractivity contribution in [3.63, 3.8) is 0 Å². The first kappa shape index (κ1) is 17.0. The van der Waals surface area contributed by atoms with Crippen LogP contribution in [-0.2, 0) is 12.3 Å². The van der Waals surface area contributed by atoms with Gasteiger partial charge in [0.15, 0.2) is 16.7 Å². The lowest BCUT2D eigenvalue weighted by molar-refractivity contribution is -0.384. The van der Waals surface area contributed by atoms with E-state index < -0.39 is 4.92 Å². The van der Waals surface area contributed by atoms with Crippen molar-refractivity contribution in [1.82, 2.24) is 14.8 Å². The number of non-ortho nitro benzene ring substituents is 1. The third-order valence-corrected chi connectivity index (χ3v) is 4.62. The topological polar surface area (TPSA) is 96.2 Å². The maximum atomic E-state index is 11.0.